The monoisotopic (exact) mass is 304 g/mol. The van der Waals surface area contributed by atoms with Gasteiger partial charge in [0.15, 0.2) is 9.84 Å². The zero-order chi connectivity index (χ0) is 15.5. The third-order valence-electron chi connectivity index (χ3n) is 2.81. The van der Waals surface area contributed by atoms with Crippen LogP contribution < -0.4 is 11.3 Å². The molecule has 7 nitrogen and oxygen atoms in total. The lowest BCUT2D eigenvalue weighted by Gasteiger charge is -2.06. The van der Waals surface area contributed by atoms with Gasteiger partial charge in [-0.05, 0) is 24.3 Å². The first kappa shape index (κ1) is 14.7. The van der Waals surface area contributed by atoms with E-state index in [1.807, 2.05) is 6.07 Å². The van der Waals surface area contributed by atoms with Crippen LogP contribution in [0.4, 0.5) is 5.69 Å². The van der Waals surface area contributed by atoms with Crippen LogP contribution in [0.15, 0.2) is 46.2 Å². The van der Waals surface area contributed by atoms with E-state index in [2.05, 4.69) is 5.10 Å². The minimum absolute atomic E-state index is 0.0680. The molecule has 0 radical (unpaired) electrons. The fourth-order valence-electron chi connectivity index (χ4n) is 1.68. The van der Waals surface area contributed by atoms with Crippen molar-refractivity contribution in [1.82, 2.24) is 9.78 Å². The van der Waals surface area contributed by atoms with E-state index < -0.39 is 15.4 Å². The van der Waals surface area contributed by atoms with Crippen molar-refractivity contribution in [3.63, 3.8) is 0 Å². The number of benzene rings is 1. The van der Waals surface area contributed by atoms with Crippen LogP contribution in [0.5, 0.6) is 0 Å². The summed E-state index contributed by atoms with van der Waals surface area (Å²) in [7, 11) is -3.55. The molecule has 0 atom stereocenters. The largest absolute Gasteiger partial charge is 0.397 e. The highest BCUT2D eigenvalue weighted by Gasteiger charge is 2.15. The molecular formula is C13H12N4O3S. The SMILES string of the molecule is N#Cc1ccc(S(=O)(=O)CCn2ncc(N)cc2=O)cc1. The minimum Gasteiger partial charge on any atom is -0.397 e. The molecule has 1 aromatic carbocycles. The molecule has 0 bridgehead atoms. The van der Waals surface area contributed by atoms with Gasteiger partial charge in [-0.1, -0.05) is 0 Å². The lowest BCUT2D eigenvalue weighted by molar-refractivity contribution is 0.571. The Hall–Kier alpha value is -2.66. The molecule has 108 valence electrons. The summed E-state index contributed by atoms with van der Waals surface area (Å²) in [5.74, 6) is -0.268. The highest BCUT2D eigenvalue weighted by Crippen LogP contribution is 2.12. The van der Waals surface area contributed by atoms with Crippen molar-refractivity contribution in [3.05, 3.63) is 52.4 Å². The summed E-state index contributed by atoms with van der Waals surface area (Å²) < 4.78 is 25.3. The second kappa shape index (κ2) is 5.76. The molecule has 1 aromatic heterocycles. The summed E-state index contributed by atoms with van der Waals surface area (Å²) in [6.07, 6.45) is 1.29. The van der Waals surface area contributed by atoms with Crippen molar-refractivity contribution < 1.29 is 8.42 Å². The van der Waals surface area contributed by atoms with E-state index >= 15 is 0 Å². The number of hydrogen-bond donors (Lipinski definition) is 1. The smallest absolute Gasteiger partial charge is 0.268 e. The maximum Gasteiger partial charge on any atom is 0.268 e. The predicted octanol–water partition coefficient (Wildman–Crippen LogP) is 0.171. The molecule has 21 heavy (non-hydrogen) atoms. The molecule has 0 spiro atoms. The van der Waals surface area contributed by atoms with Gasteiger partial charge in [-0.15, -0.1) is 0 Å². The van der Waals surface area contributed by atoms with Crippen LogP contribution in [-0.4, -0.2) is 24.0 Å². The summed E-state index contributed by atoms with van der Waals surface area (Å²) in [6, 6.07) is 8.69. The standard InChI is InChI=1S/C13H12N4O3S/c14-8-10-1-3-12(4-2-10)21(19,20)6-5-17-13(18)7-11(15)9-16-17/h1-4,7,9H,5-6,15H2. The first-order valence-corrected chi connectivity index (χ1v) is 7.63. The molecule has 8 heteroatoms. The molecule has 0 aliphatic carbocycles. The van der Waals surface area contributed by atoms with Gasteiger partial charge in [0, 0.05) is 6.07 Å². The van der Waals surface area contributed by atoms with Crippen LogP contribution in [0.1, 0.15) is 5.56 Å². The van der Waals surface area contributed by atoms with Crippen molar-refractivity contribution in [3.8, 4) is 6.07 Å². The van der Waals surface area contributed by atoms with Crippen molar-refractivity contribution in [2.24, 2.45) is 0 Å². The Balaban J connectivity index is 2.17. The molecule has 0 fully saturated rings. The van der Waals surface area contributed by atoms with Crippen molar-refractivity contribution in [2.45, 2.75) is 11.4 Å². The average Bonchev–Trinajstić information content (AvgIpc) is 2.46. The Morgan fingerprint density at radius 3 is 2.52 bits per heavy atom. The summed E-state index contributed by atoms with van der Waals surface area (Å²) in [5, 5.41) is 12.5. The highest BCUT2D eigenvalue weighted by atomic mass is 32.2. The number of aromatic nitrogens is 2. The lowest BCUT2D eigenvalue weighted by atomic mass is 10.2. The summed E-state index contributed by atoms with van der Waals surface area (Å²) in [5.41, 5.74) is 5.56. The number of nitrogens with zero attached hydrogens (tertiary/aromatic N) is 3. The van der Waals surface area contributed by atoms with Crippen LogP contribution in [0.25, 0.3) is 0 Å². The zero-order valence-electron chi connectivity index (χ0n) is 10.9. The van der Waals surface area contributed by atoms with Crippen LogP contribution in [0, 0.1) is 11.3 Å². The molecule has 0 unspecified atom stereocenters. The predicted molar refractivity (Wildman–Crippen MR) is 76.1 cm³/mol. The molecule has 2 rings (SSSR count). The number of rotatable bonds is 4. The number of hydrogen-bond acceptors (Lipinski definition) is 6. The van der Waals surface area contributed by atoms with Gasteiger partial charge in [-0.2, -0.15) is 10.4 Å². The van der Waals surface area contributed by atoms with E-state index in [0.29, 0.717) is 5.56 Å². The van der Waals surface area contributed by atoms with Gasteiger partial charge < -0.3 is 5.73 Å². The summed E-state index contributed by atoms with van der Waals surface area (Å²) in [4.78, 5) is 11.7. The Kier molecular flexibility index (Phi) is 4.05. The minimum atomic E-state index is -3.55. The number of nitrogens with two attached hydrogens (primary N) is 1. The normalized spacial score (nSPS) is 11.0. The Morgan fingerprint density at radius 1 is 1.29 bits per heavy atom. The summed E-state index contributed by atoms with van der Waals surface area (Å²) in [6.45, 7) is -0.0680. The van der Waals surface area contributed by atoms with E-state index in [1.165, 1.54) is 36.5 Å². The number of nitriles is 1. The van der Waals surface area contributed by atoms with Crippen LogP contribution in [-0.2, 0) is 16.4 Å². The molecule has 0 aliphatic heterocycles. The third kappa shape index (κ3) is 3.46. The van der Waals surface area contributed by atoms with E-state index in [0.717, 1.165) is 4.68 Å². The number of nitrogen functional groups attached to an aromatic ring is 1. The van der Waals surface area contributed by atoms with Gasteiger partial charge in [-0.25, -0.2) is 13.1 Å². The van der Waals surface area contributed by atoms with E-state index in [9.17, 15) is 13.2 Å². The van der Waals surface area contributed by atoms with E-state index in [1.54, 1.807) is 0 Å². The molecule has 2 N–H and O–H groups in total. The molecule has 2 aromatic rings. The van der Waals surface area contributed by atoms with Crippen LogP contribution in [0.2, 0.25) is 0 Å². The van der Waals surface area contributed by atoms with E-state index in [-0.39, 0.29) is 22.9 Å². The quantitative estimate of drug-likeness (QED) is 0.860. The first-order valence-electron chi connectivity index (χ1n) is 5.98. The Bertz CT molecular complexity index is 848. The van der Waals surface area contributed by atoms with Gasteiger partial charge in [0.2, 0.25) is 0 Å². The molecule has 0 saturated carbocycles. The third-order valence-corrected chi connectivity index (χ3v) is 4.52. The van der Waals surface area contributed by atoms with Crippen molar-refractivity contribution in [2.75, 3.05) is 11.5 Å². The molecular weight excluding hydrogens is 292 g/mol. The molecule has 0 amide bonds. The number of aryl methyl sites for hydroxylation is 1. The molecule has 0 aliphatic rings. The topological polar surface area (TPSA) is 119 Å². The van der Waals surface area contributed by atoms with Crippen molar-refractivity contribution in [1.29, 1.82) is 5.26 Å². The van der Waals surface area contributed by atoms with Gasteiger partial charge >= 0.3 is 0 Å². The van der Waals surface area contributed by atoms with Gasteiger partial charge in [0.05, 0.1) is 40.7 Å². The lowest BCUT2D eigenvalue weighted by Crippen LogP contribution is -2.26. The van der Waals surface area contributed by atoms with Gasteiger partial charge in [0.1, 0.15) is 0 Å². The van der Waals surface area contributed by atoms with E-state index in [4.69, 9.17) is 11.0 Å². The average molecular weight is 304 g/mol. The zero-order valence-corrected chi connectivity index (χ0v) is 11.7. The first-order chi connectivity index (χ1) is 9.92. The molecule has 1 heterocycles. The maximum absolute atomic E-state index is 12.1. The number of anilines is 1. The molecule has 0 saturated heterocycles. The van der Waals surface area contributed by atoms with Crippen LogP contribution in [0.3, 0.4) is 0 Å². The highest BCUT2D eigenvalue weighted by molar-refractivity contribution is 7.91. The Labute approximate surface area is 121 Å². The fourth-order valence-corrected chi connectivity index (χ4v) is 2.88. The maximum atomic E-state index is 12.1. The number of sulfone groups is 1. The fraction of sp³-hybridized carbons (Fsp3) is 0.154. The van der Waals surface area contributed by atoms with Gasteiger partial charge in [-0.3, -0.25) is 4.79 Å². The Morgan fingerprint density at radius 2 is 1.95 bits per heavy atom. The second-order valence-corrected chi connectivity index (χ2v) is 6.41. The van der Waals surface area contributed by atoms with Crippen molar-refractivity contribution >= 4 is 15.5 Å². The van der Waals surface area contributed by atoms with Crippen LogP contribution >= 0.6 is 0 Å². The second-order valence-electron chi connectivity index (χ2n) is 4.31. The summed E-state index contributed by atoms with van der Waals surface area (Å²) >= 11 is 0. The van der Waals surface area contributed by atoms with Gasteiger partial charge in [0.25, 0.3) is 5.56 Å².